The molecule has 66 heavy (non-hydrogen) atoms. The summed E-state index contributed by atoms with van der Waals surface area (Å²) in [6.45, 7) is 17.3. The van der Waals surface area contributed by atoms with Crippen LogP contribution in [0.2, 0.25) is 0 Å². The van der Waals surface area contributed by atoms with E-state index in [-0.39, 0.29) is 31.3 Å². The molecule has 0 radical (unpaired) electrons. The van der Waals surface area contributed by atoms with Crippen molar-refractivity contribution in [2.75, 3.05) is 6.54 Å². The van der Waals surface area contributed by atoms with Crippen molar-refractivity contribution in [2.24, 2.45) is 10.4 Å². The summed E-state index contributed by atoms with van der Waals surface area (Å²) < 4.78 is 1.93. The van der Waals surface area contributed by atoms with E-state index in [0.29, 0.717) is 22.9 Å². The highest BCUT2D eigenvalue weighted by atomic mass is 32.1. The van der Waals surface area contributed by atoms with Gasteiger partial charge in [0.05, 0.1) is 40.4 Å². The van der Waals surface area contributed by atoms with E-state index in [0.717, 1.165) is 65.0 Å². The Hall–Kier alpha value is -6.36. The largest absolute Gasteiger partial charge is 0.481 e. The molecule has 2 aliphatic rings. The van der Waals surface area contributed by atoms with Crippen LogP contribution in [0.1, 0.15) is 113 Å². The summed E-state index contributed by atoms with van der Waals surface area (Å²) in [6.07, 6.45) is -1.05. The fourth-order valence-corrected chi connectivity index (χ4v) is 10.9. The lowest BCUT2D eigenvalue weighted by Gasteiger charge is -2.35. The number of fused-ring (bicyclic) bond motifs is 3. The number of aliphatic imine (C=N–C) groups is 1. The van der Waals surface area contributed by atoms with Crippen molar-refractivity contribution in [3.05, 3.63) is 128 Å². The predicted octanol–water partition coefficient (Wildman–Crippen LogP) is 8.01. The van der Waals surface area contributed by atoms with E-state index in [9.17, 15) is 29.4 Å². The van der Waals surface area contributed by atoms with Gasteiger partial charge in [-0.15, -0.1) is 32.9 Å². The van der Waals surface area contributed by atoms with Gasteiger partial charge in [-0.1, -0.05) is 75.4 Å². The number of thiazole rings is 1. The highest BCUT2D eigenvalue weighted by Crippen LogP contribution is 2.40. The lowest BCUT2D eigenvalue weighted by molar-refractivity contribution is -0.142. The fraction of sp³-hybridized carbons (Fsp3) is 0.360. The number of thiophene rings is 1. The van der Waals surface area contributed by atoms with Crippen LogP contribution < -0.4 is 10.6 Å². The number of carboxylic acid groups (broad SMARTS) is 1. The SMILES string of the molecule is Cc1cc(C(=O)N[C@H](C(=O)N2C[C@H](O)C[C@H]2C(=O)N[C@@H](C)c2ccc(-c3scnc3C)cc2)C(C)(C)C)ccc1-c1ccc(C2=N[C@@H](CC(=O)O)c3nnc(C)n3-c3sc(C)c(C)c32)cc1. The average Bonchev–Trinajstić information content (AvgIpc) is 4.04. The van der Waals surface area contributed by atoms with Crippen LogP contribution in [0, 0.1) is 40.0 Å². The van der Waals surface area contributed by atoms with Crippen LogP contribution in [0.15, 0.2) is 77.2 Å². The summed E-state index contributed by atoms with van der Waals surface area (Å²) in [5.74, 6) is -1.08. The zero-order chi connectivity index (χ0) is 47.4. The van der Waals surface area contributed by atoms with Crippen molar-refractivity contribution in [1.29, 1.82) is 0 Å². The molecule has 5 heterocycles. The first-order valence-electron chi connectivity index (χ1n) is 21.9. The number of aliphatic hydroxyl groups excluding tert-OH is 1. The number of aromatic nitrogens is 4. The zero-order valence-electron chi connectivity index (χ0n) is 38.5. The first kappa shape index (κ1) is 46.2. The van der Waals surface area contributed by atoms with Crippen molar-refractivity contribution in [3.8, 4) is 26.6 Å². The summed E-state index contributed by atoms with van der Waals surface area (Å²) in [6, 6.07) is 18.2. The van der Waals surface area contributed by atoms with Crippen molar-refractivity contribution in [1.82, 2.24) is 35.3 Å². The van der Waals surface area contributed by atoms with Crippen LogP contribution in [0.4, 0.5) is 0 Å². The molecule has 3 aromatic heterocycles. The van der Waals surface area contributed by atoms with E-state index in [1.165, 1.54) is 4.90 Å². The van der Waals surface area contributed by atoms with Crippen molar-refractivity contribution in [3.63, 3.8) is 0 Å². The predicted molar refractivity (Wildman–Crippen MR) is 256 cm³/mol. The number of hydrogen-bond donors (Lipinski definition) is 4. The quantitative estimate of drug-likeness (QED) is 0.0997. The van der Waals surface area contributed by atoms with Crippen molar-refractivity contribution >= 4 is 52.1 Å². The number of benzene rings is 3. The molecule has 0 unspecified atom stereocenters. The molecule has 0 spiro atoms. The Morgan fingerprint density at radius 3 is 2.21 bits per heavy atom. The van der Waals surface area contributed by atoms with Gasteiger partial charge in [0.15, 0.2) is 5.82 Å². The molecule has 1 fully saturated rings. The molecule has 14 nitrogen and oxygen atoms in total. The maximum atomic E-state index is 14.4. The molecular formula is C50H54N8O6S2. The fourth-order valence-electron chi connectivity index (χ4n) is 8.86. The Kier molecular flexibility index (Phi) is 12.7. The normalized spacial score (nSPS) is 17.9. The van der Waals surface area contributed by atoms with Crippen LogP contribution in [0.25, 0.3) is 26.6 Å². The van der Waals surface area contributed by atoms with Gasteiger partial charge in [0.1, 0.15) is 29.0 Å². The maximum Gasteiger partial charge on any atom is 0.306 e. The lowest BCUT2D eigenvalue weighted by atomic mass is 9.85. The summed E-state index contributed by atoms with van der Waals surface area (Å²) in [7, 11) is 0. The molecule has 5 atom stereocenters. The number of aliphatic hydroxyl groups is 1. The number of β-amino-alcohol motifs (C(OH)–C–C–N with tert-alkyl or cyclic N) is 1. The van der Waals surface area contributed by atoms with Gasteiger partial charge in [-0.2, -0.15) is 0 Å². The third-order valence-corrected chi connectivity index (χ3v) is 14.8. The molecule has 8 rings (SSSR count). The Bertz CT molecular complexity index is 2890. The van der Waals surface area contributed by atoms with Crippen LogP contribution in [0.5, 0.6) is 0 Å². The number of nitrogens with zero attached hydrogens (tertiary/aromatic N) is 6. The Labute approximate surface area is 391 Å². The minimum absolute atomic E-state index is 0.0323. The Morgan fingerprint density at radius 2 is 1.58 bits per heavy atom. The van der Waals surface area contributed by atoms with Gasteiger partial charge < -0.3 is 25.7 Å². The van der Waals surface area contributed by atoms with Crippen molar-refractivity contribution < 1.29 is 29.4 Å². The number of aryl methyl sites for hydroxylation is 4. The lowest BCUT2D eigenvalue weighted by Crippen LogP contribution is -2.57. The second kappa shape index (κ2) is 18.1. The molecule has 4 N–H and O–H groups in total. The number of rotatable bonds is 11. The molecular weight excluding hydrogens is 873 g/mol. The molecule has 0 aliphatic carbocycles. The number of amides is 3. The van der Waals surface area contributed by atoms with Crippen LogP contribution in [-0.4, -0.2) is 89.0 Å². The van der Waals surface area contributed by atoms with Gasteiger partial charge in [0.2, 0.25) is 11.8 Å². The Balaban J connectivity index is 0.980. The standard InChI is InChI=1S/C50H54N8O6S2/c1-25-20-35(18-19-37(25)32-12-14-33(15-13-32)42-41-26(2)29(5)66-49(41)58-30(6)55-56-45(58)38(53-42)22-40(60)61)46(62)54-44(50(7,8)9)48(64)57-23-36(59)21-39(57)47(63)52-27(3)31-10-16-34(17-11-31)43-28(4)51-24-65-43/h10-20,24,27,36,38-39,44,59H,21-23H2,1-9H3,(H,52,63)(H,54,62)(H,60,61)/t27-,36+,38-,39-,44+/m0/s1. The highest BCUT2D eigenvalue weighted by Gasteiger charge is 2.45. The second-order valence-corrected chi connectivity index (χ2v) is 20.4. The van der Waals surface area contributed by atoms with Crippen LogP contribution in [0.3, 0.4) is 0 Å². The highest BCUT2D eigenvalue weighted by molar-refractivity contribution is 7.15. The van der Waals surface area contributed by atoms with Gasteiger partial charge in [-0.05, 0) is 92.5 Å². The smallest absolute Gasteiger partial charge is 0.306 e. The number of carbonyl (C=O) groups excluding carboxylic acids is 3. The van der Waals surface area contributed by atoms with Crippen LogP contribution >= 0.6 is 22.7 Å². The second-order valence-electron chi connectivity index (χ2n) is 18.4. The Morgan fingerprint density at radius 1 is 0.894 bits per heavy atom. The molecule has 6 aromatic rings. The molecule has 16 heteroatoms. The number of hydrogen-bond acceptors (Lipinski definition) is 11. The van der Waals surface area contributed by atoms with Gasteiger partial charge in [0.25, 0.3) is 5.91 Å². The first-order valence-corrected chi connectivity index (χ1v) is 23.6. The van der Waals surface area contributed by atoms with Crippen molar-refractivity contribution in [2.45, 2.75) is 105 Å². The first-order chi connectivity index (χ1) is 31.3. The third-order valence-electron chi connectivity index (χ3n) is 12.6. The zero-order valence-corrected chi connectivity index (χ0v) is 40.1. The minimum Gasteiger partial charge on any atom is -0.481 e. The average molecular weight is 927 g/mol. The third kappa shape index (κ3) is 8.96. The number of carbonyl (C=O) groups is 4. The topological polar surface area (TPSA) is 192 Å². The van der Waals surface area contributed by atoms with Gasteiger partial charge in [0, 0.05) is 34.5 Å². The van der Waals surface area contributed by atoms with E-state index >= 15 is 0 Å². The number of nitrogens with one attached hydrogen (secondary N) is 2. The summed E-state index contributed by atoms with van der Waals surface area (Å²) >= 11 is 3.18. The van der Waals surface area contributed by atoms with E-state index in [1.807, 2.05) is 120 Å². The van der Waals surface area contributed by atoms with E-state index in [1.54, 1.807) is 34.8 Å². The number of carboxylic acids is 1. The molecule has 2 aliphatic heterocycles. The van der Waals surface area contributed by atoms with Crippen LogP contribution in [-0.2, 0) is 14.4 Å². The van der Waals surface area contributed by atoms with Gasteiger partial charge in [-0.25, -0.2) is 4.98 Å². The molecule has 0 bridgehead atoms. The minimum atomic E-state index is -1.00. The molecule has 1 saturated heterocycles. The molecule has 342 valence electrons. The van der Waals surface area contributed by atoms with Gasteiger partial charge in [-0.3, -0.25) is 28.7 Å². The molecule has 3 aromatic carbocycles. The number of aliphatic carboxylic acids is 1. The van der Waals surface area contributed by atoms with E-state index in [2.05, 4.69) is 32.7 Å². The molecule has 0 saturated carbocycles. The summed E-state index contributed by atoms with van der Waals surface area (Å²) in [5.41, 5.74) is 10.5. The van der Waals surface area contributed by atoms with E-state index < -0.39 is 47.4 Å². The summed E-state index contributed by atoms with van der Waals surface area (Å²) in [4.78, 5) is 67.2. The molecule has 3 amide bonds. The summed E-state index contributed by atoms with van der Waals surface area (Å²) in [5, 5.41) is 36.2. The monoisotopic (exact) mass is 926 g/mol. The van der Waals surface area contributed by atoms with Gasteiger partial charge >= 0.3 is 5.97 Å². The number of likely N-dealkylation sites (tertiary alicyclic amines) is 1. The maximum absolute atomic E-state index is 14.4. The van der Waals surface area contributed by atoms with E-state index in [4.69, 9.17) is 4.99 Å².